The van der Waals surface area contributed by atoms with Crippen molar-refractivity contribution in [3.05, 3.63) is 52.9 Å². The first kappa shape index (κ1) is 14.9. The summed E-state index contributed by atoms with van der Waals surface area (Å²) in [7, 11) is 0. The fourth-order valence-electron chi connectivity index (χ4n) is 2.24. The molecule has 0 aromatic carbocycles. The smallest absolute Gasteiger partial charge is 0.158 e. The van der Waals surface area contributed by atoms with Crippen LogP contribution in [0.4, 0.5) is 0 Å². The predicted molar refractivity (Wildman–Crippen MR) is 86.7 cm³/mol. The molecule has 0 N–H and O–H groups in total. The molecule has 0 aliphatic carbocycles. The van der Waals surface area contributed by atoms with Crippen LogP contribution in [-0.4, -0.2) is 26.1 Å². The van der Waals surface area contributed by atoms with Gasteiger partial charge in [0, 0.05) is 30.6 Å². The molecule has 0 saturated carbocycles. The molecular formula is C16H18N4OS. The molecule has 3 heterocycles. The highest BCUT2D eigenvalue weighted by molar-refractivity contribution is 7.09. The number of aromatic nitrogens is 4. The standard InChI is InChI=1S/C16H18N4OS/c1-3-21-12(2)16-19-13(11-22-16)10-20-9-8-18-15(20)14-6-4-5-7-17-14/h4-9,11-12H,3,10H2,1-2H3/t12-/m1/s1. The molecule has 0 fully saturated rings. The third-order valence-electron chi connectivity index (χ3n) is 3.28. The van der Waals surface area contributed by atoms with Crippen LogP contribution in [0.25, 0.3) is 11.5 Å². The minimum Gasteiger partial charge on any atom is -0.372 e. The summed E-state index contributed by atoms with van der Waals surface area (Å²) >= 11 is 1.64. The molecular weight excluding hydrogens is 296 g/mol. The largest absolute Gasteiger partial charge is 0.372 e. The van der Waals surface area contributed by atoms with Crippen molar-refractivity contribution < 1.29 is 4.74 Å². The van der Waals surface area contributed by atoms with Gasteiger partial charge in [0.05, 0.1) is 12.2 Å². The summed E-state index contributed by atoms with van der Waals surface area (Å²) in [5, 5.41) is 3.09. The van der Waals surface area contributed by atoms with E-state index in [-0.39, 0.29) is 6.10 Å². The summed E-state index contributed by atoms with van der Waals surface area (Å²) in [5.41, 5.74) is 1.88. The monoisotopic (exact) mass is 314 g/mol. The lowest BCUT2D eigenvalue weighted by molar-refractivity contribution is 0.0761. The van der Waals surface area contributed by atoms with E-state index in [1.807, 2.05) is 38.2 Å². The molecule has 0 unspecified atom stereocenters. The first-order chi connectivity index (χ1) is 10.8. The van der Waals surface area contributed by atoms with E-state index in [0.717, 1.165) is 22.2 Å². The van der Waals surface area contributed by atoms with Gasteiger partial charge in [-0.3, -0.25) is 4.98 Å². The zero-order valence-corrected chi connectivity index (χ0v) is 13.5. The molecule has 5 nitrogen and oxygen atoms in total. The van der Waals surface area contributed by atoms with E-state index in [4.69, 9.17) is 4.74 Å². The normalized spacial score (nSPS) is 12.5. The molecule has 3 aromatic heterocycles. The number of imidazole rings is 1. The Morgan fingerprint density at radius 2 is 2.18 bits per heavy atom. The molecule has 0 saturated heterocycles. The van der Waals surface area contributed by atoms with E-state index in [9.17, 15) is 0 Å². The highest BCUT2D eigenvalue weighted by Gasteiger charge is 2.12. The number of hydrogen-bond donors (Lipinski definition) is 0. The first-order valence-corrected chi connectivity index (χ1v) is 8.14. The van der Waals surface area contributed by atoms with Crippen LogP contribution in [0.1, 0.15) is 30.7 Å². The van der Waals surface area contributed by atoms with Crippen LogP contribution in [0, 0.1) is 0 Å². The summed E-state index contributed by atoms with van der Waals surface area (Å²) in [6.07, 6.45) is 5.57. The molecule has 0 aliphatic heterocycles. The van der Waals surface area contributed by atoms with Crippen molar-refractivity contribution in [2.24, 2.45) is 0 Å². The number of nitrogens with zero attached hydrogens (tertiary/aromatic N) is 4. The summed E-state index contributed by atoms with van der Waals surface area (Å²) in [5.74, 6) is 0.855. The Balaban J connectivity index is 1.79. The molecule has 0 aliphatic rings. The molecule has 6 heteroatoms. The van der Waals surface area contributed by atoms with Gasteiger partial charge in [-0.05, 0) is 26.0 Å². The van der Waals surface area contributed by atoms with Gasteiger partial charge in [-0.15, -0.1) is 11.3 Å². The summed E-state index contributed by atoms with van der Waals surface area (Å²) in [6, 6.07) is 5.83. The Kier molecular flexibility index (Phi) is 4.60. The second kappa shape index (κ2) is 6.81. The van der Waals surface area contributed by atoms with Crippen molar-refractivity contribution in [2.45, 2.75) is 26.5 Å². The lowest BCUT2D eigenvalue weighted by Crippen LogP contribution is -2.03. The van der Waals surface area contributed by atoms with E-state index < -0.39 is 0 Å². The number of thiazole rings is 1. The van der Waals surface area contributed by atoms with Crippen LogP contribution >= 0.6 is 11.3 Å². The van der Waals surface area contributed by atoms with Gasteiger partial charge in [0.1, 0.15) is 16.8 Å². The van der Waals surface area contributed by atoms with Crippen LogP contribution in [0.15, 0.2) is 42.2 Å². The average Bonchev–Trinajstić information content (AvgIpc) is 3.18. The second-order valence-electron chi connectivity index (χ2n) is 4.87. The van der Waals surface area contributed by atoms with Crippen molar-refractivity contribution in [2.75, 3.05) is 6.61 Å². The Bertz CT molecular complexity index is 723. The van der Waals surface area contributed by atoms with Crippen LogP contribution in [0.3, 0.4) is 0 Å². The third-order valence-corrected chi connectivity index (χ3v) is 4.33. The van der Waals surface area contributed by atoms with E-state index in [0.29, 0.717) is 13.2 Å². The van der Waals surface area contributed by atoms with Gasteiger partial charge >= 0.3 is 0 Å². The van der Waals surface area contributed by atoms with Crippen molar-refractivity contribution >= 4 is 11.3 Å². The highest BCUT2D eigenvalue weighted by atomic mass is 32.1. The van der Waals surface area contributed by atoms with Gasteiger partial charge in [0.2, 0.25) is 0 Å². The van der Waals surface area contributed by atoms with Gasteiger partial charge in [-0.1, -0.05) is 6.07 Å². The van der Waals surface area contributed by atoms with Gasteiger partial charge in [0.25, 0.3) is 0 Å². The van der Waals surface area contributed by atoms with Crippen LogP contribution in [-0.2, 0) is 11.3 Å². The highest BCUT2D eigenvalue weighted by Crippen LogP contribution is 2.22. The minimum absolute atomic E-state index is 0.0433. The predicted octanol–water partition coefficient (Wildman–Crippen LogP) is 3.55. The lowest BCUT2D eigenvalue weighted by atomic mass is 10.3. The van der Waals surface area contributed by atoms with Crippen molar-refractivity contribution in [3.63, 3.8) is 0 Å². The first-order valence-electron chi connectivity index (χ1n) is 7.26. The zero-order chi connectivity index (χ0) is 15.4. The van der Waals surface area contributed by atoms with Crippen LogP contribution in [0.5, 0.6) is 0 Å². The van der Waals surface area contributed by atoms with Gasteiger partial charge < -0.3 is 9.30 Å². The number of pyridine rings is 1. The summed E-state index contributed by atoms with van der Waals surface area (Å²) in [4.78, 5) is 13.4. The number of hydrogen-bond acceptors (Lipinski definition) is 5. The molecule has 0 bridgehead atoms. The molecule has 114 valence electrons. The summed E-state index contributed by atoms with van der Waals surface area (Å²) in [6.45, 7) is 5.40. The topological polar surface area (TPSA) is 52.8 Å². The van der Waals surface area contributed by atoms with Crippen LogP contribution in [0.2, 0.25) is 0 Å². The SMILES string of the molecule is CCO[C@H](C)c1nc(Cn2ccnc2-c2ccccn2)cs1. The minimum atomic E-state index is 0.0433. The fourth-order valence-corrected chi connectivity index (χ4v) is 3.06. The van der Waals surface area contributed by atoms with Crippen molar-refractivity contribution in [1.82, 2.24) is 19.5 Å². The Morgan fingerprint density at radius 1 is 1.27 bits per heavy atom. The maximum atomic E-state index is 5.59. The lowest BCUT2D eigenvalue weighted by Gasteiger charge is -2.07. The quantitative estimate of drug-likeness (QED) is 0.698. The van der Waals surface area contributed by atoms with Crippen LogP contribution < -0.4 is 0 Å². The molecule has 0 spiro atoms. The molecule has 0 radical (unpaired) electrons. The Hall–Kier alpha value is -2.05. The third kappa shape index (κ3) is 3.23. The average molecular weight is 314 g/mol. The van der Waals surface area contributed by atoms with Crippen molar-refractivity contribution in [1.29, 1.82) is 0 Å². The molecule has 3 aromatic rings. The van der Waals surface area contributed by atoms with Gasteiger partial charge in [-0.2, -0.15) is 0 Å². The van der Waals surface area contributed by atoms with Gasteiger partial charge in [0.15, 0.2) is 5.82 Å². The van der Waals surface area contributed by atoms with E-state index in [1.165, 1.54) is 0 Å². The van der Waals surface area contributed by atoms with E-state index in [2.05, 4.69) is 24.9 Å². The molecule has 3 rings (SSSR count). The molecule has 22 heavy (non-hydrogen) atoms. The Labute approximate surface area is 133 Å². The Morgan fingerprint density at radius 3 is 2.95 bits per heavy atom. The zero-order valence-electron chi connectivity index (χ0n) is 12.6. The van der Waals surface area contributed by atoms with E-state index >= 15 is 0 Å². The second-order valence-corrected chi connectivity index (χ2v) is 5.76. The maximum absolute atomic E-state index is 5.59. The van der Waals surface area contributed by atoms with Crippen molar-refractivity contribution in [3.8, 4) is 11.5 Å². The van der Waals surface area contributed by atoms with E-state index in [1.54, 1.807) is 23.7 Å². The maximum Gasteiger partial charge on any atom is 0.158 e. The number of ether oxygens (including phenoxy) is 1. The molecule has 0 amide bonds. The summed E-state index contributed by atoms with van der Waals surface area (Å²) < 4.78 is 7.65. The fraction of sp³-hybridized carbons (Fsp3) is 0.312. The molecule has 1 atom stereocenters. The van der Waals surface area contributed by atoms with Gasteiger partial charge in [-0.25, -0.2) is 9.97 Å². The number of rotatable bonds is 6.